The third kappa shape index (κ3) is 4.07. The van der Waals surface area contributed by atoms with Crippen LogP contribution in [0, 0.1) is 15.9 Å². The van der Waals surface area contributed by atoms with Gasteiger partial charge in [0, 0.05) is 17.8 Å². The smallest absolute Gasteiger partial charge is 0.305 e. The van der Waals surface area contributed by atoms with Gasteiger partial charge in [-0.3, -0.25) is 14.9 Å². The number of hydrogen-bond donors (Lipinski definition) is 1. The molecule has 168 valence electrons. The minimum Gasteiger partial charge on any atom is -0.305 e. The maximum atomic E-state index is 13.4. The summed E-state index contributed by atoms with van der Waals surface area (Å²) in [6.45, 7) is 0. The summed E-state index contributed by atoms with van der Waals surface area (Å²) >= 11 is 6.63. The number of benzene rings is 1. The third-order valence-corrected chi connectivity index (χ3v) is 5.97. The molecule has 13 heteroatoms. The molecule has 4 heterocycles. The summed E-state index contributed by atoms with van der Waals surface area (Å²) in [5.74, 6) is -0.606. The first-order valence-electron chi connectivity index (χ1n) is 9.58. The molecule has 0 atom stereocenters. The van der Waals surface area contributed by atoms with E-state index in [1.165, 1.54) is 53.5 Å². The van der Waals surface area contributed by atoms with Crippen LogP contribution in [0.4, 0.5) is 15.2 Å². The molecule has 0 saturated heterocycles. The summed E-state index contributed by atoms with van der Waals surface area (Å²) in [6, 6.07) is 11.5. The number of rotatable bonds is 5. The van der Waals surface area contributed by atoms with Crippen molar-refractivity contribution in [3.05, 3.63) is 86.9 Å². The highest BCUT2D eigenvalue weighted by atomic mass is 35.5. The Labute approximate surface area is 198 Å². The van der Waals surface area contributed by atoms with Crippen molar-refractivity contribution in [2.75, 3.05) is 5.32 Å². The van der Waals surface area contributed by atoms with E-state index in [0.717, 1.165) is 11.3 Å². The summed E-state index contributed by atoms with van der Waals surface area (Å²) in [5.41, 5.74) is 1.42. The Kier molecular flexibility index (Phi) is 5.43. The third-order valence-electron chi connectivity index (χ3n) is 4.71. The van der Waals surface area contributed by atoms with Crippen molar-refractivity contribution in [1.29, 1.82) is 0 Å². The fraction of sp³-hybridized carbons (Fsp3) is 0. The lowest BCUT2D eigenvalue weighted by atomic mass is 10.2. The Morgan fingerprint density at radius 1 is 1.09 bits per heavy atom. The number of pyridine rings is 1. The second kappa shape index (κ2) is 8.57. The number of amides is 1. The zero-order chi connectivity index (χ0) is 23.8. The molecule has 0 fully saturated rings. The van der Waals surface area contributed by atoms with Crippen molar-refractivity contribution in [3.8, 4) is 17.1 Å². The summed E-state index contributed by atoms with van der Waals surface area (Å²) < 4.78 is 14.9. The molecule has 0 aliphatic rings. The average Bonchev–Trinajstić information content (AvgIpc) is 3.48. The highest BCUT2D eigenvalue weighted by Gasteiger charge is 2.20. The van der Waals surface area contributed by atoms with Crippen LogP contribution in [-0.2, 0) is 0 Å². The fourth-order valence-electron chi connectivity index (χ4n) is 3.13. The van der Waals surface area contributed by atoms with E-state index in [2.05, 4.69) is 25.4 Å². The van der Waals surface area contributed by atoms with Crippen molar-refractivity contribution in [2.45, 2.75) is 0 Å². The van der Waals surface area contributed by atoms with Crippen molar-refractivity contribution < 1.29 is 14.1 Å². The van der Waals surface area contributed by atoms with Crippen LogP contribution >= 0.6 is 22.9 Å². The van der Waals surface area contributed by atoms with Crippen molar-refractivity contribution in [3.63, 3.8) is 0 Å². The van der Waals surface area contributed by atoms with Crippen LogP contribution in [-0.4, -0.2) is 35.6 Å². The van der Waals surface area contributed by atoms with Gasteiger partial charge < -0.3 is 5.32 Å². The monoisotopic (exact) mass is 495 g/mol. The number of nitrogens with one attached hydrogen (secondary N) is 1. The first-order valence-corrected chi connectivity index (χ1v) is 10.8. The number of nitrogens with zero attached hydrogens (tertiary/aromatic N) is 6. The van der Waals surface area contributed by atoms with Gasteiger partial charge in [0.1, 0.15) is 16.8 Å². The molecule has 0 radical (unpaired) electrons. The van der Waals surface area contributed by atoms with E-state index in [1.807, 2.05) is 0 Å². The first-order chi connectivity index (χ1) is 16.4. The minimum absolute atomic E-state index is 0.138. The van der Waals surface area contributed by atoms with Gasteiger partial charge in [0.2, 0.25) is 0 Å². The second-order valence-electron chi connectivity index (χ2n) is 6.88. The predicted octanol–water partition coefficient (Wildman–Crippen LogP) is 4.89. The second-order valence-corrected chi connectivity index (χ2v) is 8.33. The number of hydrogen-bond acceptors (Lipinski definition) is 8. The van der Waals surface area contributed by atoms with Gasteiger partial charge in [-0.2, -0.15) is 5.10 Å². The molecule has 0 saturated carbocycles. The quantitative estimate of drug-likeness (QED) is 0.209. The van der Waals surface area contributed by atoms with Gasteiger partial charge >= 0.3 is 5.00 Å². The molecule has 34 heavy (non-hydrogen) atoms. The number of carbonyl (C=O) groups excluding carboxylic acids is 1. The number of thiophene rings is 1. The molecule has 5 aromatic rings. The maximum Gasteiger partial charge on any atom is 0.324 e. The van der Waals surface area contributed by atoms with Gasteiger partial charge in [0.05, 0.1) is 27.1 Å². The maximum absolute atomic E-state index is 13.4. The van der Waals surface area contributed by atoms with Crippen LogP contribution < -0.4 is 5.32 Å². The van der Waals surface area contributed by atoms with Crippen molar-refractivity contribution >= 4 is 50.7 Å². The zero-order valence-electron chi connectivity index (χ0n) is 16.8. The SMILES string of the molecule is O=C(Nc1nc(-c2ccc(Cl)nc2)nc2c1cnn2-c1ccc(F)cc1)c1ccc([N+](=O)[O-])s1. The zero-order valence-corrected chi connectivity index (χ0v) is 18.4. The first kappa shape index (κ1) is 21.6. The van der Waals surface area contributed by atoms with E-state index >= 15 is 0 Å². The Balaban J connectivity index is 1.63. The molecule has 1 N–H and O–H groups in total. The van der Waals surface area contributed by atoms with Crippen LogP contribution in [0.5, 0.6) is 0 Å². The van der Waals surface area contributed by atoms with E-state index in [9.17, 15) is 19.3 Å². The number of aromatic nitrogens is 5. The molecule has 0 bridgehead atoms. The Morgan fingerprint density at radius 3 is 2.56 bits per heavy atom. The lowest BCUT2D eigenvalue weighted by Crippen LogP contribution is -2.12. The summed E-state index contributed by atoms with van der Waals surface area (Å²) in [5, 5.41) is 18.5. The number of halogens is 2. The van der Waals surface area contributed by atoms with Gasteiger partial charge in [-0.1, -0.05) is 22.9 Å². The lowest BCUT2D eigenvalue weighted by Gasteiger charge is -2.09. The molecule has 0 aliphatic heterocycles. The Hall–Kier alpha value is -4.29. The standard InChI is InChI=1S/C21H11ClFN7O3S/c22-16-7-1-11(9-24-16)18-26-19(28-21(31)15-6-8-17(34-15)30(32)33)14-10-25-29(20(14)27-18)13-4-2-12(23)3-5-13/h1-10H,(H,26,27,28,31). The van der Waals surface area contributed by atoms with E-state index in [1.54, 1.807) is 12.1 Å². The summed E-state index contributed by atoms with van der Waals surface area (Å²) in [7, 11) is 0. The van der Waals surface area contributed by atoms with E-state index in [0.29, 0.717) is 22.3 Å². The van der Waals surface area contributed by atoms with Gasteiger partial charge in [-0.25, -0.2) is 24.0 Å². The highest BCUT2D eigenvalue weighted by Crippen LogP contribution is 2.29. The molecule has 10 nitrogen and oxygen atoms in total. The van der Waals surface area contributed by atoms with Crippen molar-refractivity contribution in [1.82, 2.24) is 24.7 Å². The Morgan fingerprint density at radius 2 is 1.88 bits per heavy atom. The highest BCUT2D eigenvalue weighted by molar-refractivity contribution is 7.17. The molecule has 0 unspecified atom stereocenters. The number of anilines is 1. The van der Waals surface area contributed by atoms with E-state index in [-0.39, 0.29) is 26.7 Å². The van der Waals surface area contributed by atoms with Crippen LogP contribution in [0.25, 0.3) is 28.1 Å². The molecule has 0 spiro atoms. The summed E-state index contributed by atoms with van der Waals surface area (Å²) in [6.07, 6.45) is 2.95. The number of carbonyl (C=O) groups is 1. The molecule has 5 rings (SSSR count). The molecular formula is C21H11ClFN7O3S. The average molecular weight is 496 g/mol. The van der Waals surface area contributed by atoms with Crippen LogP contribution in [0.15, 0.2) is 60.9 Å². The van der Waals surface area contributed by atoms with E-state index in [4.69, 9.17) is 11.6 Å². The number of nitro groups is 1. The van der Waals surface area contributed by atoms with Crippen LogP contribution in [0.3, 0.4) is 0 Å². The van der Waals surface area contributed by atoms with E-state index < -0.39 is 16.6 Å². The van der Waals surface area contributed by atoms with Crippen LogP contribution in [0.1, 0.15) is 9.67 Å². The van der Waals surface area contributed by atoms with Crippen molar-refractivity contribution in [2.24, 2.45) is 0 Å². The van der Waals surface area contributed by atoms with Gasteiger partial charge in [0.15, 0.2) is 11.5 Å². The summed E-state index contributed by atoms with van der Waals surface area (Å²) in [4.78, 5) is 36.4. The van der Waals surface area contributed by atoms with Gasteiger partial charge in [-0.05, 0) is 42.5 Å². The largest absolute Gasteiger partial charge is 0.324 e. The molecule has 1 amide bonds. The van der Waals surface area contributed by atoms with Gasteiger partial charge in [-0.15, -0.1) is 0 Å². The Bertz CT molecular complexity index is 1550. The fourth-order valence-corrected chi connectivity index (χ4v) is 3.96. The lowest BCUT2D eigenvalue weighted by molar-refractivity contribution is -0.380. The topological polar surface area (TPSA) is 129 Å². The predicted molar refractivity (Wildman–Crippen MR) is 124 cm³/mol. The molecule has 0 aliphatic carbocycles. The molecule has 1 aromatic carbocycles. The van der Waals surface area contributed by atoms with Gasteiger partial charge in [0.25, 0.3) is 5.91 Å². The minimum atomic E-state index is -0.576. The number of fused-ring (bicyclic) bond motifs is 1. The normalized spacial score (nSPS) is 11.0. The molecular weight excluding hydrogens is 485 g/mol. The van der Waals surface area contributed by atoms with Crippen LogP contribution in [0.2, 0.25) is 5.15 Å². The molecule has 4 aromatic heterocycles.